The molecule has 0 spiro atoms. The minimum Gasteiger partial charge on any atom is -0.381 e. The number of likely N-dealkylation sites (N-methyl/N-ethyl adjacent to an activating group) is 1. The van der Waals surface area contributed by atoms with Gasteiger partial charge in [-0.1, -0.05) is 0 Å². The molecule has 0 aromatic carbocycles. The van der Waals surface area contributed by atoms with E-state index in [2.05, 4.69) is 22.5 Å². The number of guanidine groups is 1. The first-order valence-corrected chi connectivity index (χ1v) is 8.42. The highest BCUT2D eigenvalue weighted by atomic mass is 16.5. The third-order valence-corrected chi connectivity index (χ3v) is 4.38. The van der Waals surface area contributed by atoms with Crippen LogP contribution in [0.1, 0.15) is 26.2 Å². The van der Waals surface area contributed by atoms with Crippen LogP contribution in [0.3, 0.4) is 0 Å². The smallest absolute Gasteiger partial charge is 0.243 e. The molecule has 7 nitrogen and oxygen atoms in total. The zero-order valence-corrected chi connectivity index (χ0v) is 14.6. The second kappa shape index (κ2) is 8.49. The summed E-state index contributed by atoms with van der Waals surface area (Å²) in [7, 11) is 3.48. The zero-order chi connectivity index (χ0) is 16.7. The molecule has 0 aromatic heterocycles. The molecule has 23 heavy (non-hydrogen) atoms. The maximum atomic E-state index is 11.7. The predicted molar refractivity (Wildman–Crippen MR) is 89.5 cm³/mol. The van der Waals surface area contributed by atoms with Crippen LogP contribution in [0.5, 0.6) is 0 Å². The number of nitrogens with zero attached hydrogens (tertiary/aromatic N) is 2. The minimum atomic E-state index is -0.148. The average Bonchev–Trinajstić information content (AvgIpc) is 3.18. The molecule has 2 atom stereocenters. The molecule has 0 radical (unpaired) electrons. The van der Waals surface area contributed by atoms with Crippen molar-refractivity contribution in [2.45, 2.75) is 31.8 Å². The largest absolute Gasteiger partial charge is 0.381 e. The molecule has 7 heteroatoms. The zero-order valence-electron chi connectivity index (χ0n) is 14.6. The van der Waals surface area contributed by atoms with E-state index in [9.17, 15) is 4.79 Å². The molecule has 2 rings (SSSR count). The maximum Gasteiger partial charge on any atom is 0.243 e. The van der Waals surface area contributed by atoms with Gasteiger partial charge in [-0.3, -0.25) is 4.79 Å². The Kier molecular flexibility index (Phi) is 6.65. The lowest BCUT2D eigenvalue weighted by Crippen LogP contribution is -2.47. The van der Waals surface area contributed by atoms with Gasteiger partial charge in [0.25, 0.3) is 0 Å². The Balaban J connectivity index is 1.86. The number of ether oxygens (including phenoxy) is 2. The van der Waals surface area contributed by atoms with E-state index in [1.165, 1.54) is 0 Å². The normalized spacial score (nSPS) is 28.0. The summed E-state index contributed by atoms with van der Waals surface area (Å²) >= 11 is 0. The number of carbonyl (C=O) groups excluding carboxylic acids is 1. The Hall–Kier alpha value is -1.34. The van der Waals surface area contributed by atoms with E-state index < -0.39 is 0 Å². The summed E-state index contributed by atoms with van der Waals surface area (Å²) in [6, 6.07) is 0. The number of amides is 1. The number of rotatable bonds is 6. The van der Waals surface area contributed by atoms with E-state index in [0.29, 0.717) is 18.4 Å². The van der Waals surface area contributed by atoms with Crippen molar-refractivity contribution in [3.63, 3.8) is 0 Å². The number of aliphatic imine (C=N–C) groups is 1. The first-order chi connectivity index (χ1) is 11.0. The average molecular weight is 326 g/mol. The van der Waals surface area contributed by atoms with Crippen molar-refractivity contribution in [3.05, 3.63) is 0 Å². The lowest BCUT2D eigenvalue weighted by atomic mass is 10.0. The van der Waals surface area contributed by atoms with Gasteiger partial charge in [0, 0.05) is 46.3 Å². The summed E-state index contributed by atoms with van der Waals surface area (Å²) in [4.78, 5) is 17.7. The number of hydrogen-bond donors (Lipinski definition) is 2. The van der Waals surface area contributed by atoms with Crippen molar-refractivity contribution in [2.75, 3.05) is 53.6 Å². The first kappa shape index (κ1) is 18.0. The van der Waals surface area contributed by atoms with Crippen LogP contribution in [-0.2, 0) is 14.3 Å². The molecule has 2 fully saturated rings. The van der Waals surface area contributed by atoms with Crippen molar-refractivity contribution < 1.29 is 14.3 Å². The molecule has 2 unspecified atom stereocenters. The van der Waals surface area contributed by atoms with Crippen LogP contribution in [0.2, 0.25) is 0 Å². The molecular weight excluding hydrogens is 296 g/mol. The van der Waals surface area contributed by atoms with Gasteiger partial charge < -0.3 is 25.0 Å². The van der Waals surface area contributed by atoms with E-state index in [1.807, 2.05) is 0 Å². The maximum absolute atomic E-state index is 11.7. The van der Waals surface area contributed by atoms with E-state index in [4.69, 9.17) is 9.47 Å². The molecule has 2 N–H and O–H groups in total. The van der Waals surface area contributed by atoms with Gasteiger partial charge in [-0.05, 0) is 26.2 Å². The SMILES string of the molecule is CN(C)C(=O)CN=C(NCC1CCOC1)NCC1(C)CCCO1. The quantitative estimate of drug-likeness (QED) is 0.539. The van der Waals surface area contributed by atoms with Crippen molar-refractivity contribution in [1.82, 2.24) is 15.5 Å². The Morgan fingerprint density at radius 1 is 1.35 bits per heavy atom. The highest BCUT2D eigenvalue weighted by Gasteiger charge is 2.29. The minimum absolute atomic E-state index is 0.0152. The topological polar surface area (TPSA) is 75.2 Å². The molecule has 0 saturated carbocycles. The van der Waals surface area contributed by atoms with Gasteiger partial charge in [0.15, 0.2) is 5.96 Å². The van der Waals surface area contributed by atoms with Crippen molar-refractivity contribution in [1.29, 1.82) is 0 Å². The van der Waals surface area contributed by atoms with Crippen molar-refractivity contribution in [2.24, 2.45) is 10.9 Å². The van der Waals surface area contributed by atoms with Gasteiger partial charge >= 0.3 is 0 Å². The lowest BCUT2D eigenvalue weighted by molar-refractivity contribution is -0.127. The number of hydrogen-bond acceptors (Lipinski definition) is 4. The molecule has 2 saturated heterocycles. The molecule has 1 amide bonds. The van der Waals surface area contributed by atoms with E-state index in [0.717, 1.165) is 45.6 Å². The number of nitrogens with one attached hydrogen (secondary N) is 2. The fourth-order valence-corrected chi connectivity index (χ4v) is 2.69. The first-order valence-electron chi connectivity index (χ1n) is 8.42. The molecule has 2 aliphatic rings. The molecule has 0 aromatic rings. The standard InChI is InChI=1S/C16H30N4O3/c1-16(6-4-7-23-16)12-19-15(18-10-14(21)20(2)3)17-9-13-5-8-22-11-13/h13H,4-12H2,1-3H3,(H2,17,18,19). The van der Waals surface area contributed by atoms with Crippen LogP contribution < -0.4 is 10.6 Å². The highest BCUT2D eigenvalue weighted by Crippen LogP contribution is 2.23. The third-order valence-electron chi connectivity index (χ3n) is 4.38. The summed E-state index contributed by atoms with van der Waals surface area (Å²) in [5, 5.41) is 6.65. The van der Waals surface area contributed by atoms with Crippen molar-refractivity contribution >= 4 is 11.9 Å². The molecule has 2 aliphatic heterocycles. The van der Waals surface area contributed by atoms with Crippen LogP contribution in [-0.4, -0.2) is 75.9 Å². The fourth-order valence-electron chi connectivity index (χ4n) is 2.69. The van der Waals surface area contributed by atoms with Crippen LogP contribution >= 0.6 is 0 Å². The summed E-state index contributed by atoms with van der Waals surface area (Å²) in [6.07, 6.45) is 3.20. The van der Waals surface area contributed by atoms with Gasteiger partial charge in [0.1, 0.15) is 6.54 Å². The molecule has 0 bridgehead atoms. The summed E-state index contributed by atoms with van der Waals surface area (Å²) in [5.41, 5.74) is -0.148. The third kappa shape index (κ3) is 5.99. The van der Waals surface area contributed by atoms with Crippen LogP contribution in [0.15, 0.2) is 4.99 Å². The monoisotopic (exact) mass is 326 g/mol. The fraction of sp³-hybridized carbons (Fsp3) is 0.875. The summed E-state index contributed by atoms with van der Waals surface area (Å²) in [6.45, 7) is 6.18. The Morgan fingerprint density at radius 2 is 2.17 bits per heavy atom. The summed E-state index contributed by atoms with van der Waals surface area (Å²) in [5.74, 6) is 1.16. The van der Waals surface area contributed by atoms with Gasteiger partial charge in [-0.2, -0.15) is 0 Å². The van der Waals surface area contributed by atoms with Crippen molar-refractivity contribution in [3.8, 4) is 0 Å². The Morgan fingerprint density at radius 3 is 2.78 bits per heavy atom. The van der Waals surface area contributed by atoms with E-state index in [1.54, 1.807) is 19.0 Å². The van der Waals surface area contributed by atoms with Gasteiger partial charge in [-0.25, -0.2) is 4.99 Å². The number of carbonyl (C=O) groups is 1. The van der Waals surface area contributed by atoms with Gasteiger partial charge in [0.2, 0.25) is 5.91 Å². The van der Waals surface area contributed by atoms with E-state index in [-0.39, 0.29) is 18.1 Å². The second-order valence-electron chi connectivity index (χ2n) is 6.82. The molecular formula is C16H30N4O3. The Labute approximate surface area is 138 Å². The lowest BCUT2D eigenvalue weighted by Gasteiger charge is -2.25. The highest BCUT2D eigenvalue weighted by molar-refractivity contribution is 5.84. The van der Waals surface area contributed by atoms with Crippen LogP contribution in [0.4, 0.5) is 0 Å². The molecule has 0 aliphatic carbocycles. The van der Waals surface area contributed by atoms with E-state index >= 15 is 0 Å². The van der Waals surface area contributed by atoms with Gasteiger partial charge in [0.05, 0.1) is 12.2 Å². The second-order valence-corrected chi connectivity index (χ2v) is 6.82. The van der Waals surface area contributed by atoms with Crippen LogP contribution in [0.25, 0.3) is 0 Å². The summed E-state index contributed by atoms with van der Waals surface area (Å²) < 4.78 is 11.2. The predicted octanol–water partition coefficient (Wildman–Crippen LogP) is 0.215. The Bertz CT molecular complexity index is 414. The molecule has 2 heterocycles. The van der Waals surface area contributed by atoms with Gasteiger partial charge in [-0.15, -0.1) is 0 Å². The molecule has 132 valence electrons. The van der Waals surface area contributed by atoms with Crippen LogP contribution in [0, 0.1) is 5.92 Å².